The molecule has 5 nitrogen and oxygen atoms in total. The van der Waals surface area contributed by atoms with Gasteiger partial charge in [-0.25, -0.2) is 4.79 Å². The molecule has 0 unspecified atom stereocenters. The highest BCUT2D eigenvalue weighted by Crippen LogP contribution is 2.28. The molecule has 0 spiro atoms. The molecule has 0 saturated carbocycles. The van der Waals surface area contributed by atoms with Gasteiger partial charge >= 0.3 is 6.09 Å². The molecular formula is C11H12N2O3. The highest BCUT2D eigenvalue weighted by molar-refractivity contribution is 6.00. The van der Waals surface area contributed by atoms with Gasteiger partial charge in [-0.2, -0.15) is 0 Å². The smallest absolute Gasteiger partial charge is 0.404 e. The average molecular weight is 220 g/mol. The minimum Gasteiger partial charge on any atom is -0.465 e. The summed E-state index contributed by atoms with van der Waals surface area (Å²) < 4.78 is 0. The van der Waals surface area contributed by atoms with Crippen LogP contribution in [-0.4, -0.2) is 24.2 Å². The number of hydrogen-bond donors (Lipinski definition) is 2. The van der Waals surface area contributed by atoms with E-state index < -0.39 is 6.09 Å². The Morgan fingerprint density at radius 3 is 3.00 bits per heavy atom. The Bertz CT molecular complexity index is 457. The Kier molecular flexibility index (Phi) is 2.52. The van der Waals surface area contributed by atoms with Gasteiger partial charge in [-0.3, -0.25) is 4.79 Å². The lowest BCUT2D eigenvalue weighted by molar-refractivity contribution is -0.117. The molecule has 1 aliphatic rings. The zero-order valence-corrected chi connectivity index (χ0v) is 8.86. The molecule has 1 aromatic rings. The average Bonchev–Trinajstić information content (AvgIpc) is 2.52. The number of rotatable bonds is 2. The van der Waals surface area contributed by atoms with Crippen molar-refractivity contribution in [3.8, 4) is 0 Å². The van der Waals surface area contributed by atoms with Crippen LogP contribution in [0.3, 0.4) is 0 Å². The lowest BCUT2D eigenvalue weighted by Crippen LogP contribution is -2.21. The van der Waals surface area contributed by atoms with Gasteiger partial charge in [0.1, 0.15) is 0 Å². The fraction of sp³-hybridized carbons (Fsp3) is 0.273. The van der Waals surface area contributed by atoms with E-state index in [4.69, 9.17) is 5.11 Å². The second-order valence-electron chi connectivity index (χ2n) is 3.75. The summed E-state index contributed by atoms with van der Waals surface area (Å²) in [7, 11) is 1.72. The summed E-state index contributed by atoms with van der Waals surface area (Å²) in [5, 5.41) is 10.8. The summed E-state index contributed by atoms with van der Waals surface area (Å²) in [6, 6.07) is 5.55. The first-order valence-corrected chi connectivity index (χ1v) is 4.93. The first-order valence-electron chi connectivity index (χ1n) is 4.93. The molecule has 5 heteroatoms. The van der Waals surface area contributed by atoms with Gasteiger partial charge in [0.05, 0.1) is 6.42 Å². The molecule has 2 rings (SSSR count). The van der Waals surface area contributed by atoms with Crippen molar-refractivity contribution >= 4 is 17.7 Å². The highest BCUT2D eigenvalue weighted by Gasteiger charge is 2.23. The number of nitrogens with zero attached hydrogens (tertiary/aromatic N) is 1. The summed E-state index contributed by atoms with van der Waals surface area (Å²) in [6.45, 7) is 0.255. The number of carboxylic acid groups (broad SMARTS) is 1. The van der Waals surface area contributed by atoms with Crippen LogP contribution < -0.4 is 10.2 Å². The number of hydrogen-bond acceptors (Lipinski definition) is 2. The third kappa shape index (κ3) is 1.84. The van der Waals surface area contributed by atoms with Crippen LogP contribution >= 0.6 is 0 Å². The molecule has 0 bridgehead atoms. The molecule has 0 aromatic heterocycles. The van der Waals surface area contributed by atoms with E-state index >= 15 is 0 Å². The maximum absolute atomic E-state index is 11.4. The second-order valence-corrected chi connectivity index (χ2v) is 3.75. The number of amides is 2. The number of anilines is 1. The van der Waals surface area contributed by atoms with Crippen LogP contribution in [0.5, 0.6) is 0 Å². The number of benzene rings is 1. The minimum atomic E-state index is -1.05. The van der Waals surface area contributed by atoms with E-state index in [1.807, 2.05) is 18.2 Å². The molecular weight excluding hydrogens is 208 g/mol. The standard InChI is InChI=1S/C11H12N2O3/c1-13-9-4-7(6-12-11(15)16)2-3-8(9)5-10(13)14/h2-4,12H,5-6H2,1H3,(H,15,16). The first kappa shape index (κ1) is 10.5. The number of fused-ring (bicyclic) bond motifs is 1. The Morgan fingerprint density at radius 2 is 2.31 bits per heavy atom. The molecule has 0 atom stereocenters. The van der Waals surface area contributed by atoms with Crippen molar-refractivity contribution in [3.63, 3.8) is 0 Å². The quantitative estimate of drug-likeness (QED) is 0.780. The van der Waals surface area contributed by atoms with Gasteiger partial charge in [0.2, 0.25) is 5.91 Å². The van der Waals surface area contributed by atoms with Crippen LogP contribution in [0.4, 0.5) is 10.5 Å². The number of carbonyl (C=O) groups excluding carboxylic acids is 1. The third-order valence-electron chi connectivity index (χ3n) is 2.67. The fourth-order valence-corrected chi connectivity index (χ4v) is 1.77. The Balaban J connectivity index is 2.20. The van der Waals surface area contributed by atoms with Crippen LogP contribution in [0.2, 0.25) is 0 Å². The van der Waals surface area contributed by atoms with Gasteiger partial charge in [-0.15, -0.1) is 0 Å². The molecule has 0 radical (unpaired) electrons. The number of likely N-dealkylation sites (N-methyl/N-ethyl adjacent to an activating group) is 1. The van der Waals surface area contributed by atoms with Crippen molar-refractivity contribution in [2.45, 2.75) is 13.0 Å². The molecule has 84 valence electrons. The van der Waals surface area contributed by atoms with Gasteiger partial charge in [0, 0.05) is 19.3 Å². The van der Waals surface area contributed by atoms with Crippen molar-refractivity contribution in [2.75, 3.05) is 11.9 Å². The maximum atomic E-state index is 11.4. The molecule has 1 aromatic carbocycles. The lowest BCUT2D eigenvalue weighted by Gasteiger charge is -2.11. The zero-order chi connectivity index (χ0) is 11.7. The van der Waals surface area contributed by atoms with Crippen molar-refractivity contribution in [3.05, 3.63) is 29.3 Å². The Labute approximate surface area is 92.7 Å². The predicted octanol–water partition coefficient (Wildman–Crippen LogP) is 0.973. The van der Waals surface area contributed by atoms with Crippen LogP contribution in [0, 0.1) is 0 Å². The van der Waals surface area contributed by atoms with E-state index in [0.717, 1.165) is 16.8 Å². The SMILES string of the molecule is CN1C(=O)Cc2ccc(CNC(=O)O)cc21. The predicted molar refractivity (Wildman–Crippen MR) is 58.4 cm³/mol. The number of carbonyl (C=O) groups is 2. The topological polar surface area (TPSA) is 69.6 Å². The van der Waals surface area contributed by atoms with Crippen LogP contribution in [-0.2, 0) is 17.8 Å². The summed E-state index contributed by atoms with van der Waals surface area (Å²) in [5.74, 6) is 0.0679. The first-order chi connectivity index (χ1) is 7.58. The minimum absolute atomic E-state index is 0.0679. The van der Waals surface area contributed by atoms with E-state index in [0.29, 0.717) is 6.42 Å². The Morgan fingerprint density at radius 1 is 1.56 bits per heavy atom. The van der Waals surface area contributed by atoms with Gasteiger partial charge in [0.25, 0.3) is 0 Å². The molecule has 0 saturated heterocycles. The van der Waals surface area contributed by atoms with Gasteiger partial charge < -0.3 is 15.3 Å². The van der Waals surface area contributed by atoms with Crippen molar-refractivity contribution < 1.29 is 14.7 Å². The van der Waals surface area contributed by atoms with Gasteiger partial charge in [-0.05, 0) is 17.2 Å². The fourth-order valence-electron chi connectivity index (χ4n) is 1.77. The van der Waals surface area contributed by atoms with E-state index in [-0.39, 0.29) is 12.5 Å². The largest absolute Gasteiger partial charge is 0.465 e. The summed E-state index contributed by atoms with van der Waals surface area (Å²) in [6.07, 6.45) is -0.622. The maximum Gasteiger partial charge on any atom is 0.404 e. The monoisotopic (exact) mass is 220 g/mol. The summed E-state index contributed by atoms with van der Waals surface area (Å²) in [4.78, 5) is 23.4. The van der Waals surface area contributed by atoms with Crippen molar-refractivity contribution in [1.29, 1.82) is 0 Å². The van der Waals surface area contributed by atoms with Gasteiger partial charge in [0.15, 0.2) is 0 Å². The molecule has 1 heterocycles. The van der Waals surface area contributed by atoms with E-state index in [1.165, 1.54) is 0 Å². The van der Waals surface area contributed by atoms with Crippen LogP contribution in [0.15, 0.2) is 18.2 Å². The van der Waals surface area contributed by atoms with Gasteiger partial charge in [-0.1, -0.05) is 12.1 Å². The molecule has 0 aliphatic carbocycles. The number of nitrogens with one attached hydrogen (secondary N) is 1. The van der Waals surface area contributed by atoms with E-state index in [1.54, 1.807) is 11.9 Å². The Hall–Kier alpha value is -2.04. The molecule has 2 N–H and O–H groups in total. The second kappa shape index (κ2) is 3.84. The lowest BCUT2D eigenvalue weighted by atomic mass is 10.1. The summed E-state index contributed by atoms with van der Waals surface area (Å²) >= 11 is 0. The van der Waals surface area contributed by atoms with Crippen LogP contribution in [0.1, 0.15) is 11.1 Å². The zero-order valence-electron chi connectivity index (χ0n) is 8.86. The highest BCUT2D eigenvalue weighted by atomic mass is 16.4. The molecule has 16 heavy (non-hydrogen) atoms. The van der Waals surface area contributed by atoms with Crippen molar-refractivity contribution in [1.82, 2.24) is 5.32 Å². The normalized spacial score (nSPS) is 13.8. The summed E-state index contributed by atoms with van der Waals surface area (Å²) in [5.41, 5.74) is 2.71. The molecule has 1 aliphatic heterocycles. The van der Waals surface area contributed by atoms with E-state index in [2.05, 4.69) is 5.32 Å². The van der Waals surface area contributed by atoms with Crippen LogP contribution in [0.25, 0.3) is 0 Å². The molecule has 0 fully saturated rings. The third-order valence-corrected chi connectivity index (χ3v) is 2.67. The van der Waals surface area contributed by atoms with E-state index in [9.17, 15) is 9.59 Å². The van der Waals surface area contributed by atoms with Crippen molar-refractivity contribution in [2.24, 2.45) is 0 Å². The molecule has 2 amide bonds.